The molecule has 1 saturated heterocycles. The number of amides is 2. The molecule has 1 aromatic carbocycles. The number of hydrogen-bond acceptors (Lipinski definition) is 6. The van der Waals surface area contributed by atoms with Crippen LogP contribution in [-0.2, 0) is 19.1 Å². The van der Waals surface area contributed by atoms with E-state index in [2.05, 4.69) is 0 Å². The molecule has 8 nitrogen and oxygen atoms in total. The van der Waals surface area contributed by atoms with Crippen molar-refractivity contribution in [1.82, 2.24) is 4.90 Å². The number of ether oxygens (including phenoxy) is 3. The number of carbonyl (C=O) groups is 3. The van der Waals surface area contributed by atoms with Gasteiger partial charge in [0.15, 0.2) is 18.1 Å². The highest BCUT2D eigenvalue weighted by Gasteiger charge is 2.30. The van der Waals surface area contributed by atoms with Crippen molar-refractivity contribution in [2.45, 2.75) is 18.9 Å². The topological polar surface area (TPSA) is 108 Å². The number of primary amides is 1. The van der Waals surface area contributed by atoms with Gasteiger partial charge in [-0.25, -0.2) is 4.79 Å². The van der Waals surface area contributed by atoms with Gasteiger partial charge in [0, 0.05) is 19.0 Å². The SMILES string of the molecule is NC(=O)C1CCN(C(=O)COC(=O)[C@H]2COc3ccccc3O2)CC1. The van der Waals surface area contributed by atoms with E-state index in [1.165, 1.54) is 0 Å². The van der Waals surface area contributed by atoms with Crippen LogP contribution in [0.25, 0.3) is 0 Å². The summed E-state index contributed by atoms with van der Waals surface area (Å²) in [6.45, 7) is 0.538. The van der Waals surface area contributed by atoms with Crippen molar-refractivity contribution in [3.05, 3.63) is 24.3 Å². The van der Waals surface area contributed by atoms with E-state index < -0.39 is 12.1 Å². The molecule has 2 N–H and O–H groups in total. The van der Waals surface area contributed by atoms with Gasteiger partial charge in [-0.3, -0.25) is 9.59 Å². The molecule has 0 aliphatic carbocycles. The smallest absolute Gasteiger partial charge is 0.351 e. The zero-order chi connectivity index (χ0) is 17.8. The van der Waals surface area contributed by atoms with Gasteiger partial charge in [-0.05, 0) is 25.0 Å². The molecule has 2 amide bonds. The lowest BCUT2D eigenvalue weighted by Gasteiger charge is -2.30. The Labute approximate surface area is 144 Å². The molecule has 0 saturated carbocycles. The van der Waals surface area contributed by atoms with Gasteiger partial charge in [-0.15, -0.1) is 0 Å². The average Bonchev–Trinajstić information content (AvgIpc) is 2.65. The van der Waals surface area contributed by atoms with Gasteiger partial charge in [-0.1, -0.05) is 12.1 Å². The number of carbonyl (C=O) groups excluding carboxylic acids is 3. The normalized spacial score (nSPS) is 20.0. The van der Waals surface area contributed by atoms with Crippen molar-refractivity contribution in [3.8, 4) is 11.5 Å². The van der Waals surface area contributed by atoms with Crippen LogP contribution in [0.15, 0.2) is 24.3 Å². The summed E-state index contributed by atoms with van der Waals surface area (Å²) >= 11 is 0. The van der Waals surface area contributed by atoms with Gasteiger partial charge in [0.25, 0.3) is 5.91 Å². The maximum Gasteiger partial charge on any atom is 0.351 e. The minimum atomic E-state index is -0.900. The number of nitrogens with zero attached hydrogens (tertiary/aromatic N) is 1. The van der Waals surface area contributed by atoms with E-state index in [-0.39, 0.29) is 30.9 Å². The third kappa shape index (κ3) is 4.01. The van der Waals surface area contributed by atoms with E-state index in [0.29, 0.717) is 37.4 Å². The summed E-state index contributed by atoms with van der Waals surface area (Å²) in [5.41, 5.74) is 5.27. The second-order valence-corrected chi connectivity index (χ2v) is 6.03. The van der Waals surface area contributed by atoms with E-state index in [9.17, 15) is 14.4 Å². The van der Waals surface area contributed by atoms with Crippen molar-refractivity contribution >= 4 is 17.8 Å². The second kappa shape index (κ2) is 7.42. The fourth-order valence-electron chi connectivity index (χ4n) is 2.87. The number of esters is 1. The molecule has 1 aromatic rings. The van der Waals surface area contributed by atoms with Crippen LogP contribution in [0, 0.1) is 5.92 Å². The Kier molecular flexibility index (Phi) is 5.06. The van der Waals surface area contributed by atoms with Gasteiger partial charge in [0.1, 0.15) is 6.61 Å². The molecule has 0 spiro atoms. The third-order valence-electron chi connectivity index (χ3n) is 4.36. The molecular weight excluding hydrogens is 328 g/mol. The van der Waals surface area contributed by atoms with E-state index in [1.54, 1.807) is 29.2 Å². The first-order chi connectivity index (χ1) is 12.0. The number of para-hydroxylation sites is 2. The maximum absolute atomic E-state index is 12.1. The summed E-state index contributed by atoms with van der Waals surface area (Å²) in [6, 6.07) is 7.02. The van der Waals surface area contributed by atoms with Crippen LogP contribution in [0.3, 0.4) is 0 Å². The fourth-order valence-corrected chi connectivity index (χ4v) is 2.87. The molecule has 0 radical (unpaired) electrons. The molecule has 0 unspecified atom stereocenters. The quantitative estimate of drug-likeness (QED) is 0.773. The molecule has 3 rings (SSSR count). The molecule has 1 atom stereocenters. The van der Waals surface area contributed by atoms with Crippen LogP contribution < -0.4 is 15.2 Å². The number of fused-ring (bicyclic) bond motifs is 1. The first-order valence-electron chi connectivity index (χ1n) is 8.17. The van der Waals surface area contributed by atoms with Gasteiger partial charge in [-0.2, -0.15) is 0 Å². The largest absolute Gasteiger partial charge is 0.485 e. The summed E-state index contributed by atoms with van der Waals surface area (Å²) in [4.78, 5) is 36.9. The van der Waals surface area contributed by atoms with E-state index in [0.717, 1.165) is 0 Å². The minimum Gasteiger partial charge on any atom is -0.485 e. The first kappa shape index (κ1) is 17.1. The first-order valence-corrected chi connectivity index (χ1v) is 8.17. The molecule has 2 aliphatic rings. The van der Waals surface area contributed by atoms with Crippen LogP contribution in [0.5, 0.6) is 11.5 Å². The van der Waals surface area contributed by atoms with Crippen LogP contribution >= 0.6 is 0 Å². The summed E-state index contributed by atoms with van der Waals surface area (Å²) in [5, 5.41) is 0. The molecule has 25 heavy (non-hydrogen) atoms. The molecular formula is C17H20N2O6. The number of hydrogen-bond donors (Lipinski definition) is 1. The summed E-state index contributed by atoms with van der Waals surface area (Å²) < 4.78 is 16.0. The van der Waals surface area contributed by atoms with Gasteiger partial charge in [0.05, 0.1) is 0 Å². The summed E-state index contributed by atoms with van der Waals surface area (Å²) in [6.07, 6.45) is 0.167. The van der Waals surface area contributed by atoms with Gasteiger partial charge >= 0.3 is 5.97 Å². The number of nitrogens with two attached hydrogens (primary N) is 1. The summed E-state index contributed by atoms with van der Waals surface area (Å²) in [5.74, 6) is -0.438. The lowest BCUT2D eigenvalue weighted by Crippen LogP contribution is -2.44. The highest BCUT2D eigenvalue weighted by molar-refractivity contribution is 5.83. The van der Waals surface area contributed by atoms with E-state index in [4.69, 9.17) is 19.9 Å². The number of rotatable bonds is 4. The van der Waals surface area contributed by atoms with E-state index >= 15 is 0 Å². The Morgan fingerprint density at radius 3 is 2.52 bits per heavy atom. The Morgan fingerprint density at radius 2 is 1.84 bits per heavy atom. The Balaban J connectivity index is 1.45. The number of likely N-dealkylation sites (tertiary alicyclic amines) is 1. The Hall–Kier alpha value is -2.77. The standard InChI is InChI=1S/C17H20N2O6/c18-16(21)11-5-7-19(8-6-11)15(20)10-24-17(22)14-9-23-12-3-1-2-4-13(12)25-14/h1-4,11,14H,5-10H2,(H2,18,21)/t14-/m1/s1. The summed E-state index contributed by atoms with van der Waals surface area (Å²) in [7, 11) is 0. The third-order valence-corrected chi connectivity index (χ3v) is 4.36. The molecule has 2 aliphatic heterocycles. The van der Waals surface area contributed by atoms with Gasteiger partial charge < -0.3 is 24.8 Å². The van der Waals surface area contributed by atoms with Crippen LogP contribution in [0.4, 0.5) is 0 Å². The number of benzene rings is 1. The molecule has 0 bridgehead atoms. The molecule has 134 valence electrons. The molecule has 8 heteroatoms. The van der Waals surface area contributed by atoms with Crippen molar-refractivity contribution in [1.29, 1.82) is 0 Å². The minimum absolute atomic E-state index is 0.0358. The Bertz CT molecular complexity index is 669. The van der Waals surface area contributed by atoms with Crippen molar-refractivity contribution in [3.63, 3.8) is 0 Å². The van der Waals surface area contributed by atoms with Crippen LogP contribution in [0.1, 0.15) is 12.8 Å². The lowest BCUT2D eigenvalue weighted by molar-refractivity contribution is -0.160. The predicted octanol–water partition coefficient (Wildman–Crippen LogP) is 0.0935. The van der Waals surface area contributed by atoms with Crippen molar-refractivity contribution in [2.24, 2.45) is 11.7 Å². The molecule has 0 aromatic heterocycles. The maximum atomic E-state index is 12.1. The van der Waals surface area contributed by atoms with Crippen molar-refractivity contribution in [2.75, 3.05) is 26.3 Å². The average molecular weight is 348 g/mol. The van der Waals surface area contributed by atoms with Gasteiger partial charge in [0.2, 0.25) is 12.0 Å². The predicted molar refractivity (Wildman–Crippen MR) is 85.8 cm³/mol. The Morgan fingerprint density at radius 1 is 1.16 bits per heavy atom. The highest BCUT2D eigenvalue weighted by atomic mass is 16.6. The lowest BCUT2D eigenvalue weighted by atomic mass is 9.96. The second-order valence-electron chi connectivity index (χ2n) is 6.03. The highest BCUT2D eigenvalue weighted by Crippen LogP contribution is 2.31. The zero-order valence-electron chi connectivity index (χ0n) is 13.7. The van der Waals surface area contributed by atoms with E-state index in [1.807, 2.05) is 0 Å². The fraction of sp³-hybridized carbons (Fsp3) is 0.471. The molecule has 2 heterocycles. The molecule has 1 fully saturated rings. The zero-order valence-corrected chi connectivity index (χ0v) is 13.7. The monoisotopic (exact) mass is 348 g/mol. The van der Waals surface area contributed by atoms with Crippen molar-refractivity contribution < 1.29 is 28.6 Å². The number of piperidine rings is 1. The van der Waals surface area contributed by atoms with Crippen LogP contribution in [-0.4, -0.2) is 55.1 Å². The van der Waals surface area contributed by atoms with Crippen LogP contribution in [0.2, 0.25) is 0 Å².